The molecule has 0 bridgehead atoms. The molecule has 1 fully saturated rings. The van der Waals surface area contributed by atoms with E-state index in [-0.39, 0.29) is 6.04 Å². The first-order valence-electron chi connectivity index (χ1n) is 7.15. The van der Waals surface area contributed by atoms with E-state index in [0.717, 1.165) is 25.9 Å². The van der Waals surface area contributed by atoms with Crippen molar-refractivity contribution < 1.29 is 9.90 Å². The van der Waals surface area contributed by atoms with Crippen LogP contribution in [0, 0.1) is 5.92 Å². The molecule has 3 nitrogen and oxygen atoms in total. The summed E-state index contributed by atoms with van der Waals surface area (Å²) < 4.78 is 0. The zero-order valence-corrected chi connectivity index (χ0v) is 11.7. The van der Waals surface area contributed by atoms with Crippen LogP contribution >= 0.6 is 0 Å². The lowest BCUT2D eigenvalue weighted by Crippen LogP contribution is -2.47. The molecule has 3 atom stereocenters. The molecule has 0 amide bonds. The normalized spacial score (nSPS) is 26.0. The number of rotatable bonds is 4. The Morgan fingerprint density at radius 1 is 1.42 bits per heavy atom. The topological polar surface area (TPSA) is 40.5 Å². The highest BCUT2D eigenvalue weighted by Crippen LogP contribution is 2.35. The maximum absolute atomic E-state index is 11.1. The van der Waals surface area contributed by atoms with Crippen molar-refractivity contribution in [1.82, 2.24) is 4.90 Å². The van der Waals surface area contributed by atoms with Crippen molar-refractivity contribution in [2.45, 2.75) is 38.6 Å². The van der Waals surface area contributed by atoms with Crippen LogP contribution in [0.2, 0.25) is 0 Å². The third-order valence-electron chi connectivity index (χ3n) is 4.42. The quantitative estimate of drug-likeness (QED) is 0.906. The molecule has 1 aromatic carbocycles. The Morgan fingerprint density at radius 2 is 2.11 bits per heavy atom. The number of carboxylic acids is 1. The highest BCUT2D eigenvalue weighted by molar-refractivity contribution is 5.72. The van der Waals surface area contributed by atoms with E-state index < -0.39 is 5.97 Å². The Morgan fingerprint density at radius 3 is 2.68 bits per heavy atom. The molecule has 19 heavy (non-hydrogen) atoms. The summed E-state index contributed by atoms with van der Waals surface area (Å²) >= 11 is 0. The van der Waals surface area contributed by atoms with Gasteiger partial charge in [0.1, 0.15) is 6.04 Å². The van der Waals surface area contributed by atoms with Crippen molar-refractivity contribution in [3.05, 3.63) is 35.9 Å². The minimum Gasteiger partial charge on any atom is -0.480 e. The molecule has 1 aliphatic heterocycles. The molecule has 1 saturated heterocycles. The van der Waals surface area contributed by atoms with Crippen molar-refractivity contribution in [3.8, 4) is 0 Å². The molecule has 0 radical (unpaired) electrons. The van der Waals surface area contributed by atoms with Gasteiger partial charge in [-0.1, -0.05) is 43.7 Å². The van der Waals surface area contributed by atoms with Gasteiger partial charge in [0.15, 0.2) is 0 Å². The van der Waals surface area contributed by atoms with Gasteiger partial charge in [0.05, 0.1) is 0 Å². The van der Waals surface area contributed by atoms with E-state index >= 15 is 0 Å². The van der Waals surface area contributed by atoms with Gasteiger partial charge in [-0.25, -0.2) is 0 Å². The van der Waals surface area contributed by atoms with Gasteiger partial charge >= 0.3 is 5.97 Å². The minimum absolute atomic E-state index is 0.370. The van der Waals surface area contributed by atoms with E-state index in [1.54, 1.807) is 6.92 Å². The average molecular weight is 261 g/mol. The van der Waals surface area contributed by atoms with Gasteiger partial charge in [0.2, 0.25) is 0 Å². The van der Waals surface area contributed by atoms with E-state index in [2.05, 4.69) is 36.1 Å². The standard InChI is InChI=1S/C16H23NO2/c1-3-13-11-17(12(2)16(18)19)10-9-15(13)14-7-5-4-6-8-14/h4-8,12-13,15H,3,9-11H2,1-2H3,(H,18,19)/t12-,13-,15-/m1/s1. The summed E-state index contributed by atoms with van der Waals surface area (Å²) in [5.74, 6) is 0.411. The molecular formula is C16H23NO2. The molecule has 0 saturated carbocycles. The van der Waals surface area contributed by atoms with E-state index in [9.17, 15) is 4.79 Å². The Kier molecular flexibility index (Phi) is 4.59. The second-order valence-corrected chi connectivity index (χ2v) is 5.48. The molecule has 1 heterocycles. The molecule has 0 unspecified atom stereocenters. The van der Waals surface area contributed by atoms with Crippen LogP contribution in [-0.2, 0) is 4.79 Å². The summed E-state index contributed by atoms with van der Waals surface area (Å²) in [6.45, 7) is 5.76. The lowest BCUT2D eigenvalue weighted by molar-refractivity contribution is -0.143. The number of piperidine rings is 1. The summed E-state index contributed by atoms with van der Waals surface area (Å²) in [6.07, 6.45) is 2.16. The van der Waals surface area contributed by atoms with E-state index in [1.165, 1.54) is 5.56 Å². The fourth-order valence-corrected chi connectivity index (χ4v) is 3.12. The monoisotopic (exact) mass is 261 g/mol. The van der Waals surface area contributed by atoms with E-state index in [4.69, 9.17) is 5.11 Å². The van der Waals surface area contributed by atoms with Crippen LogP contribution in [0.5, 0.6) is 0 Å². The molecular weight excluding hydrogens is 238 g/mol. The third-order valence-corrected chi connectivity index (χ3v) is 4.42. The highest BCUT2D eigenvalue weighted by atomic mass is 16.4. The molecule has 1 aliphatic rings. The summed E-state index contributed by atoms with van der Waals surface area (Å²) in [6, 6.07) is 10.3. The SMILES string of the molecule is CC[C@@H]1CN([C@H](C)C(=O)O)CC[C@H]1c1ccccc1. The Hall–Kier alpha value is -1.35. The van der Waals surface area contributed by atoms with Crippen LogP contribution in [-0.4, -0.2) is 35.1 Å². The first-order chi connectivity index (χ1) is 9.13. The van der Waals surface area contributed by atoms with Crippen LogP contribution in [0.3, 0.4) is 0 Å². The van der Waals surface area contributed by atoms with Crippen molar-refractivity contribution in [3.63, 3.8) is 0 Å². The van der Waals surface area contributed by atoms with Gasteiger partial charge in [0.25, 0.3) is 0 Å². The first-order valence-corrected chi connectivity index (χ1v) is 7.15. The van der Waals surface area contributed by atoms with Gasteiger partial charge in [-0.3, -0.25) is 9.69 Å². The van der Waals surface area contributed by atoms with Crippen LogP contribution < -0.4 is 0 Å². The molecule has 0 aliphatic carbocycles. The number of nitrogens with zero attached hydrogens (tertiary/aromatic N) is 1. The first kappa shape index (κ1) is 14.1. The Balaban J connectivity index is 2.09. The number of hydrogen-bond acceptors (Lipinski definition) is 2. The molecule has 3 heteroatoms. The van der Waals surface area contributed by atoms with Gasteiger partial charge in [0, 0.05) is 6.54 Å². The van der Waals surface area contributed by atoms with Crippen molar-refractivity contribution >= 4 is 5.97 Å². The van der Waals surface area contributed by atoms with Crippen molar-refractivity contribution in [2.24, 2.45) is 5.92 Å². The summed E-state index contributed by atoms with van der Waals surface area (Å²) in [5.41, 5.74) is 1.40. The smallest absolute Gasteiger partial charge is 0.320 e. The van der Waals surface area contributed by atoms with Gasteiger partial charge in [-0.15, -0.1) is 0 Å². The van der Waals surface area contributed by atoms with Crippen LogP contribution in [0.4, 0.5) is 0 Å². The highest BCUT2D eigenvalue weighted by Gasteiger charge is 2.32. The number of carbonyl (C=O) groups is 1. The van der Waals surface area contributed by atoms with Gasteiger partial charge < -0.3 is 5.11 Å². The lowest BCUT2D eigenvalue weighted by Gasteiger charge is -2.40. The summed E-state index contributed by atoms with van der Waals surface area (Å²) in [4.78, 5) is 13.2. The summed E-state index contributed by atoms with van der Waals surface area (Å²) in [5, 5.41) is 9.13. The largest absolute Gasteiger partial charge is 0.480 e. The third kappa shape index (κ3) is 3.16. The van der Waals surface area contributed by atoms with Gasteiger partial charge in [-0.05, 0) is 37.3 Å². The second kappa shape index (κ2) is 6.20. The maximum atomic E-state index is 11.1. The van der Waals surface area contributed by atoms with E-state index in [0.29, 0.717) is 11.8 Å². The molecule has 2 rings (SSSR count). The number of aliphatic carboxylic acids is 1. The predicted molar refractivity (Wildman–Crippen MR) is 76.3 cm³/mol. The maximum Gasteiger partial charge on any atom is 0.320 e. The van der Waals surface area contributed by atoms with Crippen LogP contribution in [0.15, 0.2) is 30.3 Å². The molecule has 0 spiro atoms. The molecule has 0 aromatic heterocycles. The zero-order chi connectivity index (χ0) is 13.8. The fourth-order valence-electron chi connectivity index (χ4n) is 3.12. The fraction of sp³-hybridized carbons (Fsp3) is 0.562. The van der Waals surface area contributed by atoms with Crippen LogP contribution in [0.1, 0.15) is 38.2 Å². The van der Waals surface area contributed by atoms with Crippen molar-refractivity contribution in [2.75, 3.05) is 13.1 Å². The number of likely N-dealkylation sites (tertiary alicyclic amines) is 1. The lowest BCUT2D eigenvalue weighted by atomic mass is 9.79. The number of hydrogen-bond donors (Lipinski definition) is 1. The second-order valence-electron chi connectivity index (χ2n) is 5.48. The summed E-state index contributed by atoms with van der Waals surface area (Å²) in [7, 11) is 0. The molecule has 1 aromatic rings. The number of benzene rings is 1. The van der Waals surface area contributed by atoms with E-state index in [1.807, 2.05) is 6.07 Å². The Bertz CT molecular complexity index is 418. The average Bonchev–Trinajstić information content (AvgIpc) is 2.46. The minimum atomic E-state index is -0.715. The zero-order valence-electron chi connectivity index (χ0n) is 11.7. The van der Waals surface area contributed by atoms with Gasteiger partial charge in [-0.2, -0.15) is 0 Å². The number of carboxylic acid groups (broad SMARTS) is 1. The predicted octanol–water partition coefficient (Wildman–Crippen LogP) is 2.98. The van der Waals surface area contributed by atoms with Crippen LogP contribution in [0.25, 0.3) is 0 Å². The van der Waals surface area contributed by atoms with Crippen molar-refractivity contribution in [1.29, 1.82) is 0 Å². The Labute approximate surface area is 115 Å². The molecule has 1 N–H and O–H groups in total. The molecule has 104 valence electrons.